The Kier molecular flexibility index (Phi) is 5.24. The van der Waals surface area contributed by atoms with Crippen LogP contribution in [-0.4, -0.2) is 33.7 Å². The van der Waals surface area contributed by atoms with Crippen molar-refractivity contribution in [2.45, 2.75) is 13.5 Å². The highest BCUT2D eigenvalue weighted by Crippen LogP contribution is 2.23. The lowest BCUT2D eigenvalue weighted by Gasteiger charge is -2.22. The first-order valence-electron chi connectivity index (χ1n) is 6.06. The number of benzene rings is 1. The molecule has 0 radical (unpaired) electrons. The zero-order chi connectivity index (χ0) is 13.1. The van der Waals surface area contributed by atoms with Gasteiger partial charge in [-0.3, -0.25) is 9.11 Å². The topological polar surface area (TPSA) is 20.3 Å². The largest absolute Gasteiger partial charge is 0.298 e. The molecule has 0 amide bonds. The van der Waals surface area contributed by atoms with Crippen molar-refractivity contribution in [2.24, 2.45) is 5.92 Å². The average Bonchev–Trinajstić information content (AvgIpc) is 2.44. The van der Waals surface area contributed by atoms with Crippen molar-refractivity contribution in [3.05, 3.63) is 33.3 Å². The lowest BCUT2D eigenvalue weighted by molar-refractivity contribution is 0.256. The summed E-state index contributed by atoms with van der Waals surface area (Å²) >= 11 is 9.49. The SMILES string of the molecule is C[C@@H]1CN(Cc2ccc(Cl)cc2Br)CC[S@@](=O)C1. The van der Waals surface area contributed by atoms with Crippen molar-refractivity contribution >= 4 is 38.3 Å². The second kappa shape index (κ2) is 6.51. The molecular formula is C13H17BrClNOS. The molecule has 2 rings (SSSR count). The van der Waals surface area contributed by atoms with Gasteiger partial charge in [-0.25, -0.2) is 0 Å². The van der Waals surface area contributed by atoms with E-state index >= 15 is 0 Å². The minimum Gasteiger partial charge on any atom is -0.298 e. The van der Waals surface area contributed by atoms with Crippen molar-refractivity contribution in [3.8, 4) is 0 Å². The predicted octanol–water partition coefficient (Wildman–Crippen LogP) is 3.30. The first kappa shape index (κ1) is 14.5. The van der Waals surface area contributed by atoms with E-state index < -0.39 is 10.8 Å². The summed E-state index contributed by atoms with van der Waals surface area (Å²) in [6.07, 6.45) is 0. The van der Waals surface area contributed by atoms with Crippen LogP contribution in [0, 0.1) is 5.92 Å². The molecule has 2 atom stereocenters. The zero-order valence-electron chi connectivity index (χ0n) is 10.4. The lowest BCUT2D eigenvalue weighted by atomic mass is 10.1. The Morgan fingerprint density at radius 3 is 3.06 bits per heavy atom. The molecule has 0 N–H and O–H groups in total. The van der Waals surface area contributed by atoms with Crippen LogP contribution in [0.1, 0.15) is 12.5 Å². The van der Waals surface area contributed by atoms with Gasteiger partial charge in [0.1, 0.15) is 0 Å². The van der Waals surface area contributed by atoms with E-state index in [1.54, 1.807) is 0 Å². The highest BCUT2D eigenvalue weighted by molar-refractivity contribution is 9.10. The molecule has 1 fully saturated rings. The van der Waals surface area contributed by atoms with E-state index in [1.807, 2.05) is 12.1 Å². The van der Waals surface area contributed by atoms with Gasteiger partial charge in [0.15, 0.2) is 0 Å². The average molecular weight is 351 g/mol. The zero-order valence-corrected chi connectivity index (χ0v) is 13.5. The van der Waals surface area contributed by atoms with Crippen LogP contribution in [0.25, 0.3) is 0 Å². The minimum atomic E-state index is -0.650. The van der Waals surface area contributed by atoms with Crippen LogP contribution in [0.2, 0.25) is 5.02 Å². The van der Waals surface area contributed by atoms with Crippen LogP contribution in [0.4, 0.5) is 0 Å². The van der Waals surface area contributed by atoms with Gasteiger partial charge in [-0.05, 0) is 23.6 Å². The molecule has 1 aromatic carbocycles. The Labute approximate surface area is 124 Å². The molecule has 1 aromatic rings. The number of halogens is 2. The second-order valence-electron chi connectivity index (χ2n) is 4.89. The Hall–Kier alpha value is 0.1000. The first-order chi connectivity index (χ1) is 8.54. The Balaban J connectivity index is 2.06. The number of rotatable bonds is 2. The molecule has 1 aliphatic rings. The van der Waals surface area contributed by atoms with Crippen LogP contribution in [0.3, 0.4) is 0 Å². The van der Waals surface area contributed by atoms with E-state index in [0.29, 0.717) is 5.92 Å². The fourth-order valence-electron chi connectivity index (χ4n) is 2.25. The van der Waals surface area contributed by atoms with Gasteiger partial charge in [-0.2, -0.15) is 0 Å². The summed E-state index contributed by atoms with van der Waals surface area (Å²) < 4.78 is 12.7. The molecule has 1 aliphatic heterocycles. The summed E-state index contributed by atoms with van der Waals surface area (Å²) in [5.74, 6) is 2.12. The van der Waals surface area contributed by atoms with Gasteiger partial charge in [-0.1, -0.05) is 40.5 Å². The quantitative estimate of drug-likeness (QED) is 0.815. The summed E-state index contributed by atoms with van der Waals surface area (Å²) in [7, 11) is -0.650. The van der Waals surface area contributed by atoms with E-state index in [2.05, 4.69) is 33.8 Å². The van der Waals surface area contributed by atoms with Gasteiger partial charge in [0.2, 0.25) is 0 Å². The summed E-state index contributed by atoms with van der Waals surface area (Å²) in [6.45, 7) is 4.99. The Bertz CT molecular complexity index is 455. The normalized spacial score (nSPS) is 25.9. The van der Waals surface area contributed by atoms with E-state index in [1.165, 1.54) is 5.56 Å². The standard InChI is InChI=1S/C13H17BrClNOS/c1-10-7-16(4-5-18(17)9-10)8-11-2-3-12(15)6-13(11)14/h2-3,6,10H,4-5,7-9H2,1H3/t10-,18-/m1/s1. The lowest BCUT2D eigenvalue weighted by Crippen LogP contribution is -2.28. The molecular weight excluding hydrogens is 334 g/mol. The van der Waals surface area contributed by atoms with Gasteiger partial charge in [0.05, 0.1) is 0 Å². The van der Waals surface area contributed by atoms with Crippen molar-refractivity contribution < 1.29 is 4.21 Å². The van der Waals surface area contributed by atoms with E-state index in [0.717, 1.165) is 40.6 Å². The molecule has 0 aliphatic carbocycles. The second-order valence-corrected chi connectivity index (χ2v) is 7.80. The number of hydrogen-bond acceptors (Lipinski definition) is 2. The third-order valence-electron chi connectivity index (χ3n) is 3.08. The maximum Gasteiger partial charge on any atom is 0.0417 e. The third-order valence-corrected chi connectivity index (χ3v) is 5.64. The molecule has 0 saturated carbocycles. The van der Waals surface area contributed by atoms with Gasteiger partial charge >= 0.3 is 0 Å². The number of hydrogen-bond donors (Lipinski definition) is 0. The molecule has 18 heavy (non-hydrogen) atoms. The molecule has 5 heteroatoms. The summed E-state index contributed by atoms with van der Waals surface area (Å²) in [5.41, 5.74) is 1.24. The van der Waals surface area contributed by atoms with Gasteiger partial charge in [0.25, 0.3) is 0 Å². The molecule has 0 spiro atoms. The van der Waals surface area contributed by atoms with Crippen LogP contribution in [0.15, 0.2) is 22.7 Å². The minimum absolute atomic E-state index is 0.499. The van der Waals surface area contributed by atoms with Crippen LogP contribution < -0.4 is 0 Å². The highest BCUT2D eigenvalue weighted by Gasteiger charge is 2.19. The fourth-order valence-corrected chi connectivity index (χ4v) is 4.43. The van der Waals surface area contributed by atoms with Crippen LogP contribution in [0.5, 0.6) is 0 Å². The van der Waals surface area contributed by atoms with Crippen LogP contribution in [-0.2, 0) is 17.3 Å². The molecule has 1 heterocycles. The predicted molar refractivity (Wildman–Crippen MR) is 81.5 cm³/mol. The first-order valence-corrected chi connectivity index (χ1v) is 8.72. The van der Waals surface area contributed by atoms with Crippen molar-refractivity contribution in [1.29, 1.82) is 0 Å². The number of nitrogens with zero attached hydrogens (tertiary/aromatic N) is 1. The van der Waals surface area contributed by atoms with Gasteiger partial charge in [0, 0.05) is 51.4 Å². The molecule has 0 aromatic heterocycles. The third kappa shape index (κ3) is 4.05. The monoisotopic (exact) mass is 349 g/mol. The summed E-state index contributed by atoms with van der Waals surface area (Å²) in [5, 5.41) is 0.746. The molecule has 0 bridgehead atoms. The summed E-state index contributed by atoms with van der Waals surface area (Å²) in [4.78, 5) is 2.38. The molecule has 1 saturated heterocycles. The van der Waals surface area contributed by atoms with Gasteiger partial charge in [-0.15, -0.1) is 0 Å². The maximum absolute atomic E-state index is 11.7. The van der Waals surface area contributed by atoms with Crippen LogP contribution >= 0.6 is 27.5 Å². The van der Waals surface area contributed by atoms with Crippen molar-refractivity contribution in [2.75, 3.05) is 24.6 Å². The highest BCUT2D eigenvalue weighted by atomic mass is 79.9. The molecule has 2 nitrogen and oxygen atoms in total. The molecule has 100 valence electrons. The van der Waals surface area contributed by atoms with E-state index in [9.17, 15) is 4.21 Å². The fraction of sp³-hybridized carbons (Fsp3) is 0.538. The van der Waals surface area contributed by atoms with E-state index in [4.69, 9.17) is 11.6 Å². The Morgan fingerprint density at radius 2 is 2.33 bits per heavy atom. The Morgan fingerprint density at radius 1 is 1.56 bits per heavy atom. The molecule has 0 unspecified atom stereocenters. The van der Waals surface area contributed by atoms with Gasteiger partial charge < -0.3 is 0 Å². The van der Waals surface area contributed by atoms with Crippen molar-refractivity contribution in [3.63, 3.8) is 0 Å². The maximum atomic E-state index is 11.7. The smallest absolute Gasteiger partial charge is 0.0417 e. The van der Waals surface area contributed by atoms with Crippen molar-refractivity contribution in [1.82, 2.24) is 4.90 Å². The van der Waals surface area contributed by atoms with E-state index in [-0.39, 0.29) is 0 Å². The summed E-state index contributed by atoms with van der Waals surface area (Å²) in [6, 6.07) is 5.90.